The summed E-state index contributed by atoms with van der Waals surface area (Å²) in [5, 5.41) is 3.10. The van der Waals surface area contributed by atoms with Crippen LogP contribution in [0.25, 0.3) is 0 Å². The number of hydrogen-bond acceptors (Lipinski definition) is 2. The van der Waals surface area contributed by atoms with Gasteiger partial charge in [-0.05, 0) is 50.8 Å². The van der Waals surface area contributed by atoms with Crippen LogP contribution in [0.15, 0.2) is 14.3 Å². The lowest BCUT2D eigenvalue weighted by molar-refractivity contribution is 0.0913. The highest BCUT2D eigenvalue weighted by atomic mass is 79.9. The van der Waals surface area contributed by atoms with E-state index in [4.69, 9.17) is 11.6 Å². The molecule has 2 rings (SSSR count). The maximum absolute atomic E-state index is 12.1. The molecule has 0 aliphatic heterocycles. The van der Waals surface area contributed by atoms with E-state index in [1.54, 1.807) is 0 Å². The van der Waals surface area contributed by atoms with Crippen molar-refractivity contribution in [2.45, 2.75) is 31.2 Å². The van der Waals surface area contributed by atoms with Gasteiger partial charge in [-0.3, -0.25) is 4.79 Å². The Morgan fingerprint density at radius 1 is 1.47 bits per heavy atom. The maximum Gasteiger partial charge on any atom is 0.261 e. The molecule has 1 aliphatic rings. The Kier molecular flexibility index (Phi) is 4.55. The normalized spacial score (nSPS) is 18.3. The van der Waals surface area contributed by atoms with Gasteiger partial charge in [0.2, 0.25) is 0 Å². The molecule has 0 aromatic carbocycles. The van der Waals surface area contributed by atoms with Gasteiger partial charge in [0.15, 0.2) is 0 Å². The van der Waals surface area contributed by atoms with Gasteiger partial charge in [-0.2, -0.15) is 0 Å². The van der Waals surface area contributed by atoms with Crippen LogP contribution in [0.5, 0.6) is 0 Å². The number of halogens is 3. The monoisotopic (exact) mass is 399 g/mol. The van der Waals surface area contributed by atoms with Gasteiger partial charge in [0.1, 0.15) is 0 Å². The number of thiophene rings is 1. The average molecular weight is 402 g/mol. The minimum absolute atomic E-state index is 0.0241. The number of rotatable bonds is 3. The molecule has 1 heterocycles. The topological polar surface area (TPSA) is 29.1 Å². The molecule has 0 saturated heterocycles. The van der Waals surface area contributed by atoms with Crippen LogP contribution in [0, 0.1) is 0 Å². The SMILES string of the molecule is O=C(NC1(CCl)CCCC1)c1cc(Br)c(Br)s1. The van der Waals surface area contributed by atoms with Crippen molar-refractivity contribution in [1.82, 2.24) is 5.32 Å². The molecule has 0 unspecified atom stereocenters. The second kappa shape index (κ2) is 5.59. The first-order chi connectivity index (χ1) is 8.06. The Balaban J connectivity index is 2.10. The van der Waals surface area contributed by atoms with Crippen LogP contribution in [-0.2, 0) is 0 Å². The number of carbonyl (C=O) groups is 1. The van der Waals surface area contributed by atoms with Crippen LogP contribution in [0.2, 0.25) is 0 Å². The van der Waals surface area contributed by atoms with Crippen molar-refractivity contribution in [2.24, 2.45) is 0 Å². The van der Waals surface area contributed by atoms with Gasteiger partial charge in [-0.25, -0.2) is 0 Å². The smallest absolute Gasteiger partial charge is 0.261 e. The molecule has 1 amide bonds. The van der Waals surface area contributed by atoms with Crippen LogP contribution < -0.4 is 5.32 Å². The fraction of sp³-hybridized carbons (Fsp3) is 0.545. The molecule has 0 bridgehead atoms. The van der Waals surface area contributed by atoms with Crippen LogP contribution >= 0.6 is 54.8 Å². The maximum atomic E-state index is 12.1. The van der Waals surface area contributed by atoms with Crippen molar-refractivity contribution < 1.29 is 4.79 Å². The predicted molar refractivity (Wildman–Crippen MR) is 79.1 cm³/mol. The highest BCUT2D eigenvalue weighted by molar-refractivity contribution is 9.13. The molecule has 2 nitrogen and oxygen atoms in total. The van der Waals surface area contributed by atoms with Gasteiger partial charge in [-0.1, -0.05) is 12.8 Å². The molecular formula is C11H12Br2ClNOS. The molecule has 1 fully saturated rings. The van der Waals surface area contributed by atoms with Crippen molar-refractivity contribution in [3.8, 4) is 0 Å². The zero-order valence-electron chi connectivity index (χ0n) is 9.06. The first kappa shape index (κ1) is 13.8. The Morgan fingerprint density at radius 3 is 2.59 bits per heavy atom. The van der Waals surface area contributed by atoms with Gasteiger partial charge < -0.3 is 5.32 Å². The molecule has 1 aromatic heterocycles. The first-order valence-corrected chi connectivity index (χ1v) is 8.33. The van der Waals surface area contributed by atoms with Crippen molar-refractivity contribution >= 4 is 60.7 Å². The van der Waals surface area contributed by atoms with Crippen molar-refractivity contribution in [3.63, 3.8) is 0 Å². The van der Waals surface area contributed by atoms with E-state index >= 15 is 0 Å². The minimum atomic E-state index is -0.193. The van der Waals surface area contributed by atoms with Crippen molar-refractivity contribution in [1.29, 1.82) is 0 Å². The third-order valence-electron chi connectivity index (χ3n) is 3.06. The summed E-state index contributed by atoms with van der Waals surface area (Å²) in [7, 11) is 0. The van der Waals surface area contributed by atoms with Crippen molar-refractivity contribution in [2.75, 3.05) is 5.88 Å². The summed E-state index contributed by atoms with van der Waals surface area (Å²) in [6.45, 7) is 0. The first-order valence-electron chi connectivity index (χ1n) is 5.40. The predicted octanol–water partition coefficient (Wildman–Crippen LogP) is 4.55. The lowest BCUT2D eigenvalue weighted by atomic mass is 10.0. The third-order valence-corrected chi connectivity index (χ3v) is 6.83. The molecule has 1 aromatic rings. The van der Waals surface area contributed by atoms with E-state index in [0.29, 0.717) is 10.8 Å². The summed E-state index contributed by atoms with van der Waals surface area (Å²) >= 11 is 14.2. The van der Waals surface area contributed by atoms with Gasteiger partial charge >= 0.3 is 0 Å². The second-order valence-corrected chi connectivity index (χ2v) is 7.80. The average Bonchev–Trinajstić information content (AvgIpc) is 2.88. The summed E-state index contributed by atoms with van der Waals surface area (Å²) in [6.07, 6.45) is 4.25. The molecule has 0 radical (unpaired) electrons. The standard InChI is InChI=1S/C11H12Br2ClNOS/c12-7-5-8(17-9(7)13)10(16)15-11(6-14)3-1-2-4-11/h5H,1-4,6H2,(H,15,16). The summed E-state index contributed by atoms with van der Waals surface area (Å²) in [4.78, 5) is 12.8. The lowest BCUT2D eigenvalue weighted by Gasteiger charge is -2.27. The highest BCUT2D eigenvalue weighted by Crippen LogP contribution is 2.34. The molecule has 1 aliphatic carbocycles. The Morgan fingerprint density at radius 2 is 2.12 bits per heavy atom. The van der Waals surface area contributed by atoms with E-state index < -0.39 is 0 Å². The summed E-state index contributed by atoms with van der Waals surface area (Å²) < 4.78 is 1.85. The Bertz CT molecular complexity index is 410. The molecule has 6 heteroatoms. The van der Waals surface area contributed by atoms with Crippen LogP contribution in [0.1, 0.15) is 35.4 Å². The molecule has 0 atom stereocenters. The van der Waals surface area contributed by atoms with Crippen LogP contribution in [-0.4, -0.2) is 17.3 Å². The van der Waals surface area contributed by atoms with E-state index in [1.807, 2.05) is 6.07 Å². The van der Waals surface area contributed by atoms with Gasteiger partial charge in [0.05, 0.1) is 14.2 Å². The van der Waals surface area contributed by atoms with Gasteiger partial charge in [-0.15, -0.1) is 22.9 Å². The van der Waals surface area contributed by atoms with E-state index in [0.717, 1.165) is 33.9 Å². The minimum Gasteiger partial charge on any atom is -0.345 e. The molecule has 17 heavy (non-hydrogen) atoms. The van der Waals surface area contributed by atoms with Crippen molar-refractivity contribution in [3.05, 3.63) is 19.2 Å². The van der Waals surface area contributed by atoms with Crippen LogP contribution in [0.4, 0.5) is 0 Å². The number of alkyl halides is 1. The van der Waals surface area contributed by atoms with Gasteiger partial charge in [0.25, 0.3) is 5.91 Å². The van der Waals surface area contributed by atoms with E-state index in [9.17, 15) is 4.79 Å². The fourth-order valence-corrected chi connectivity index (χ4v) is 4.37. The summed E-state index contributed by atoms with van der Waals surface area (Å²) in [6, 6.07) is 1.83. The highest BCUT2D eigenvalue weighted by Gasteiger charge is 2.35. The number of hydrogen-bond donors (Lipinski definition) is 1. The van der Waals surface area contributed by atoms with E-state index in [1.165, 1.54) is 11.3 Å². The second-order valence-electron chi connectivity index (χ2n) is 4.31. The molecular weight excluding hydrogens is 389 g/mol. The fourth-order valence-electron chi connectivity index (χ4n) is 2.10. The summed E-state index contributed by atoms with van der Waals surface area (Å²) in [5.74, 6) is 0.468. The van der Waals surface area contributed by atoms with Crippen LogP contribution in [0.3, 0.4) is 0 Å². The van der Waals surface area contributed by atoms with E-state index in [2.05, 4.69) is 37.2 Å². The number of nitrogens with one attached hydrogen (secondary N) is 1. The quantitative estimate of drug-likeness (QED) is 0.740. The molecule has 1 N–H and O–H groups in total. The zero-order chi connectivity index (χ0) is 12.5. The molecule has 0 spiro atoms. The molecule has 94 valence electrons. The zero-order valence-corrected chi connectivity index (χ0v) is 13.8. The molecule has 1 saturated carbocycles. The summed E-state index contributed by atoms with van der Waals surface area (Å²) in [5.41, 5.74) is -0.193. The largest absolute Gasteiger partial charge is 0.345 e. The Labute approximate surface area is 126 Å². The van der Waals surface area contributed by atoms with E-state index in [-0.39, 0.29) is 11.4 Å². The number of carbonyl (C=O) groups excluding carboxylic acids is 1. The Hall–Kier alpha value is 0.420. The number of amides is 1. The van der Waals surface area contributed by atoms with Gasteiger partial charge in [0, 0.05) is 10.4 Å². The third kappa shape index (κ3) is 3.06. The lowest BCUT2D eigenvalue weighted by Crippen LogP contribution is -2.47.